The summed E-state index contributed by atoms with van der Waals surface area (Å²) in [6.07, 6.45) is 0. The van der Waals surface area contributed by atoms with Gasteiger partial charge in [0.2, 0.25) is 0 Å². The Kier molecular flexibility index (Phi) is 2.41. The minimum Gasteiger partial charge on any atom is -0.465 e. The number of benzene rings is 2. The molecule has 2 aromatic rings. The fraction of sp³-hybridized carbons (Fsp3) is 0.0714. The van der Waals surface area contributed by atoms with Crippen molar-refractivity contribution in [3.8, 4) is 11.5 Å². The minimum atomic E-state index is -0.387. The predicted molar refractivity (Wildman–Crippen MR) is 67.6 cm³/mol. The van der Waals surface area contributed by atoms with Gasteiger partial charge >= 0.3 is 5.97 Å². The highest BCUT2D eigenvalue weighted by atomic mass is 16.5. The number of rotatable bonds is 1. The fourth-order valence-electron chi connectivity index (χ4n) is 1.94. The number of hydrogen-bond donors (Lipinski definition) is 1. The first-order valence-electron chi connectivity index (χ1n) is 5.55. The summed E-state index contributed by atoms with van der Waals surface area (Å²) in [5.41, 5.74) is 1.94. The number of carbonyl (C=O) groups excluding carboxylic acids is 1. The number of fused-ring (bicyclic) bond motifs is 2. The lowest BCUT2D eigenvalue weighted by atomic mass is 10.1. The van der Waals surface area contributed by atoms with E-state index in [1.165, 1.54) is 7.11 Å². The van der Waals surface area contributed by atoms with E-state index >= 15 is 0 Å². The van der Waals surface area contributed by atoms with Gasteiger partial charge < -0.3 is 14.8 Å². The number of methoxy groups -OCH3 is 1. The second-order valence-electron chi connectivity index (χ2n) is 3.89. The van der Waals surface area contributed by atoms with Gasteiger partial charge in [0.1, 0.15) is 0 Å². The topological polar surface area (TPSA) is 47.6 Å². The molecule has 0 spiro atoms. The van der Waals surface area contributed by atoms with Crippen molar-refractivity contribution in [2.45, 2.75) is 0 Å². The SMILES string of the molecule is COC(=O)c1cccc2c1Nc1ccccc1O2. The second kappa shape index (κ2) is 4.07. The average Bonchev–Trinajstić information content (AvgIpc) is 2.43. The van der Waals surface area contributed by atoms with Gasteiger partial charge in [-0.25, -0.2) is 4.79 Å². The third-order valence-electron chi connectivity index (χ3n) is 2.80. The van der Waals surface area contributed by atoms with Crippen molar-refractivity contribution in [1.82, 2.24) is 0 Å². The quantitative estimate of drug-likeness (QED) is 0.664. The van der Waals surface area contributed by atoms with Crippen LogP contribution in [0, 0.1) is 0 Å². The van der Waals surface area contributed by atoms with Crippen LogP contribution in [-0.2, 0) is 4.74 Å². The summed E-state index contributed by atoms with van der Waals surface area (Å²) in [5.74, 6) is 0.978. The van der Waals surface area contributed by atoms with Crippen LogP contribution in [0.3, 0.4) is 0 Å². The monoisotopic (exact) mass is 241 g/mol. The molecular weight excluding hydrogens is 230 g/mol. The number of para-hydroxylation sites is 3. The molecule has 0 atom stereocenters. The van der Waals surface area contributed by atoms with Gasteiger partial charge in [0.05, 0.1) is 24.0 Å². The van der Waals surface area contributed by atoms with Crippen LogP contribution in [0.1, 0.15) is 10.4 Å². The summed E-state index contributed by atoms with van der Waals surface area (Å²) >= 11 is 0. The number of ether oxygens (including phenoxy) is 2. The Hall–Kier alpha value is -2.49. The molecule has 18 heavy (non-hydrogen) atoms. The van der Waals surface area contributed by atoms with Gasteiger partial charge in [0.15, 0.2) is 11.5 Å². The zero-order valence-electron chi connectivity index (χ0n) is 9.77. The number of anilines is 2. The van der Waals surface area contributed by atoms with Crippen LogP contribution < -0.4 is 10.1 Å². The van der Waals surface area contributed by atoms with Crippen LogP contribution in [0.5, 0.6) is 11.5 Å². The van der Waals surface area contributed by atoms with Crippen LogP contribution in [0.2, 0.25) is 0 Å². The molecule has 0 radical (unpaired) electrons. The molecule has 0 saturated carbocycles. The zero-order chi connectivity index (χ0) is 12.5. The summed E-state index contributed by atoms with van der Waals surface area (Å²) in [7, 11) is 1.36. The number of nitrogens with one attached hydrogen (secondary N) is 1. The molecule has 1 heterocycles. The molecule has 0 fully saturated rings. The van der Waals surface area contributed by atoms with Gasteiger partial charge in [-0.3, -0.25) is 0 Å². The van der Waals surface area contributed by atoms with Crippen LogP contribution in [0.15, 0.2) is 42.5 Å². The maximum Gasteiger partial charge on any atom is 0.340 e. The molecule has 1 N–H and O–H groups in total. The number of carbonyl (C=O) groups is 1. The lowest BCUT2D eigenvalue weighted by Crippen LogP contribution is -2.10. The summed E-state index contributed by atoms with van der Waals surface area (Å²) in [6.45, 7) is 0. The molecule has 0 saturated heterocycles. The Balaban J connectivity index is 2.10. The maximum absolute atomic E-state index is 11.7. The molecule has 4 heteroatoms. The Morgan fingerprint density at radius 3 is 2.72 bits per heavy atom. The number of esters is 1. The van der Waals surface area contributed by atoms with Gasteiger partial charge in [-0.2, -0.15) is 0 Å². The lowest BCUT2D eigenvalue weighted by Gasteiger charge is -2.23. The standard InChI is InChI=1S/C14H11NO3/c1-17-14(16)9-5-4-8-12-13(9)15-10-6-2-3-7-11(10)18-12/h2-8,15H,1H3. The maximum atomic E-state index is 11.7. The van der Waals surface area contributed by atoms with Crippen molar-refractivity contribution >= 4 is 17.3 Å². The van der Waals surface area contributed by atoms with E-state index in [0.717, 1.165) is 11.4 Å². The van der Waals surface area contributed by atoms with E-state index < -0.39 is 0 Å². The first kappa shape index (κ1) is 10.7. The highest BCUT2D eigenvalue weighted by molar-refractivity contribution is 5.99. The molecule has 0 unspecified atom stereocenters. The van der Waals surface area contributed by atoms with Crippen molar-refractivity contribution in [3.05, 3.63) is 48.0 Å². The molecule has 0 aliphatic carbocycles. The Morgan fingerprint density at radius 1 is 1.11 bits per heavy atom. The van der Waals surface area contributed by atoms with Gasteiger partial charge in [-0.15, -0.1) is 0 Å². The minimum absolute atomic E-state index is 0.387. The molecule has 0 aromatic heterocycles. The first-order valence-corrected chi connectivity index (χ1v) is 5.55. The first-order chi connectivity index (χ1) is 8.79. The zero-order valence-corrected chi connectivity index (χ0v) is 9.77. The lowest BCUT2D eigenvalue weighted by molar-refractivity contribution is 0.0601. The Bertz CT molecular complexity index is 622. The molecule has 0 amide bonds. The second-order valence-corrected chi connectivity index (χ2v) is 3.89. The normalized spacial score (nSPS) is 11.6. The number of hydrogen-bond acceptors (Lipinski definition) is 4. The van der Waals surface area contributed by atoms with Crippen molar-refractivity contribution in [2.75, 3.05) is 12.4 Å². The molecule has 2 aromatic carbocycles. The van der Waals surface area contributed by atoms with E-state index in [1.807, 2.05) is 30.3 Å². The fourth-order valence-corrected chi connectivity index (χ4v) is 1.94. The molecule has 4 nitrogen and oxygen atoms in total. The third-order valence-corrected chi connectivity index (χ3v) is 2.80. The smallest absolute Gasteiger partial charge is 0.340 e. The highest BCUT2D eigenvalue weighted by Crippen LogP contribution is 2.43. The third kappa shape index (κ3) is 1.59. The summed E-state index contributed by atoms with van der Waals surface area (Å²) < 4.78 is 10.5. The molecule has 1 aliphatic heterocycles. The molecular formula is C14H11NO3. The van der Waals surface area contributed by atoms with E-state index in [9.17, 15) is 4.79 Å². The summed E-state index contributed by atoms with van der Waals surface area (Å²) in [4.78, 5) is 11.7. The van der Waals surface area contributed by atoms with Crippen LogP contribution >= 0.6 is 0 Å². The molecule has 90 valence electrons. The summed E-state index contributed by atoms with van der Waals surface area (Å²) in [6, 6.07) is 12.8. The van der Waals surface area contributed by atoms with Crippen molar-refractivity contribution in [1.29, 1.82) is 0 Å². The average molecular weight is 241 g/mol. The van der Waals surface area contributed by atoms with E-state index in [0.29, 0.717) is 17.0 Å². The van der Waals surface area contributed by atoms with E-state index in [4.69, 9.17) is 9.47 Å². The van der Waals surface area contributed by atoms with Gasteiger partial charge in [-0.1, -0.05) is 18.2 Å². The van der Waals surface area contributed by atoms with Crippen molar-refractivity contribution < 1.29 is 14.3 Å². The van der Waals surface area contributed by atoms with E-state index in [-0.39, 0.29) is 5.97 Å². The summed E-state index contributed by atoms with van der Waals surface area (Å²) in [5, 5.41) is 3.20. The molecule has 0 bridgehead atoms. The van der Waals surface area contributed by atoms with Crippen LogP contribution in [-0.4, -0.2) is 13.1 Å². The molecule has 1 aliphatic rings. The van der Waals surface area contributed by atoms with Gasteiger partial charge in [0, 0.05) is 0 Å². The van der Waals surface area contributed by atoms with E-state index in [2.05, 4.69) is 5.32 Å². The van der Waals surface area contributed by atoms with Crippen molar-refractivity contribution in [2.24, 2.45) is 0 Å². The largest absolute Gasteiger partial charge is 0.465 e. The van der Waals surface area contributed by atoms with E-state index in [1.54, 1.807) is 12.1 Å². The Labute approximate surface area is 104 Å². The van der Waals surface area contributed by atoms with Crippen LogP contribution in [0.4, 0.5) is 11.4 Å². The van der Waals surface area contributed by atoms with Gasteiger partial charge in [-0.05, 0) is 24.3 Å². The Morgan fingerprint density at radius 2 is 1.89 bits per heavy atom. The van der Waals surface area contributed by atoms with Crippen molar-refractivity contribution in [3.63, 3.8) is 0 Å². The predicted octanol–water partition coefficient (Wildman–Crippen LogP) is 3.32. The van der Waals surface area contributed by atoms with Gasteiger partial charge in [0.25, 0.3) is 0 Å². The molecule has 3 rings (SSSR count). The highest BCUT2D eigenvalue weighted by Gasteiger charge is 2.22. The van der Waals surface area contributed by atoms with Crippen LogP contribution in [0.25, 0.3) is 0 Å².